The van der Waals surface area contributed by atoms with E-state index in [0.717, 1.165) is 68.6 Å². The number of alkyl carbamates (subject to hydrolysis) is 1. The molecule has 0 aromatic carbocycles. The van der Waals surface area contributed by atoms with Crippen LogP contribution in [-0.2, 0) is 30.6 Å². The molecule has 15 nitrogen and oxygen atoms in total. The average molecular weight is 837 g/mol. The average Bonchev–Trinajstić information content (AvgIpc) is 3.12. The van der Waals surface area contributed by atoms with Gasteiger partial charge in [0.05, 0.1) is 41.8 Å². The number of fused-ring (bicyclic) bond motifs is 1. The number of carbonyl (C=O) groups is 3. The fraction of sp³-hybridized carbons (Fsp3) is 0.526. The number of esters is 1. The van der Waals surface area contributed by atoms with Crippen LogP contribution in [0.3, 0.4) is 0 Å². The van der Waals surface area contributed by atoms with E-state index in [1.54, 1.807) is 29.8 Å². The predicted octanol–water partition coefficient (Wildman–Crippen LogP) is -1.43. The Hall–Kier alpha value is -1.66. The number of halogens is 1. The molecule has 2 aliphatic carbocycles. The Morgan fingerprint density at radius 2 is 1.68 bits per heavy atom. The molecule has 3 aromatic heterocycles. The predicted molar refractivity (Wildman–Crippen MR) is 201 cm³/mol. The van der Waals surface area contributed by atoms with E-state index in [1.807, 2.05) is 26.8 Å². The van der Waals surface area contributed by atoms with E-state index in [9.17, 15) is 23.9 Å². The van der Waals surface area contributed by atoms with E-state index in [2.05, 4.69) is 25.5 Å². The van der Waals surface area contributed by atoms with Crippen LogP contribution in [0.4, 0.5) is 14.9 Å². The maximum absolute atomic E-state index is 13.4. The molecular weight excluding hydrogens is 782 g/mol. The van der Waals surface area contributed by atoms with Crippen molar-refractivity contribution in [1.29, 1.82) is 0 Å². The third-order valence-electron chi connectivity index (χ3n) is 8.52. The van der Waals surface area contributed by atoms with E-state index in [1.165, 1.54) is 18.2 Å². The van der Waals surface area contributed by atoms with Gasteiger partial charge in [-0.15, -0.1) is 0 Å². The number of pyridine rings is 3. The van der Waals surface area contributed by atoms with Crippen LogP contribution in [0.2, 0.25) is 0 Å². The summed E-state index contributed by atoms with van der Waals surface area (Å²) in [7, 11) is 0. The Labute approximate surface area is 414 Å². The Morgan fingerprint density at radius 1 is 1.05 bits per heavy atom. The minimum atomic E-state index is -0.519. The number of nitrogens with zero attached hydrogens (tertiary/aromatic N) is 3. The first-order valence-corrected chi connectivity index (χ1v) is 17.6. The largest absolute Gasteiger partial charge is 1.00 e. The Kier molecular flexibility index (Phi) is 27.1. The van der Waals surface area contributed by atoms with Crippen LogP contribution >= 0.6 is 0 Å². The molecule has 0 saturated heterocycles. The van der Waals surface area contributed by atoms with Crippen molar-refractivity contribution in [2.75, 3.05) is 11.9 Å². The van der Waals surface area contributed by atoms with E-state index in [4.69, 9.17) is 25.3 Å². The van der Waals surface area contributed by atoms with Crippen molar-refractivity contribution in [3.8, 4) is 0 Å². The summed E-state index contributed by atoms with van der Waals surface area (Å²) < 4.78 is 25.4. The van der Waals surface area contributed by atoms with Crippen LogP contribution in [0.1, 0.15) is 105 Å². The molecule has 0 spiro atoms. The molecule has 3 heterocycles. The summed E-state index contributed by atoms with van der Waals surface area (Å²) in [6, 6.07) is 7.08. The number of aromatic nitrogens is 3. The summed E-state index contributed by atoms with van der Waals surface area (Å²) in [4.78, 5) is 55.5. The number of aliphatic hydroxyl groups is 1. The number of hydrogen-bond acceptors (Lipinski definition) is 13. The molecule has 0 bridgehead atoms. The van der Waals surface area contributed by atoms with Gasteiger partial charge in [-0.2, -0.15) is 0 Å². The van der Waals surface area contributed by atoms with Crippen LogP contribution in [0.5, 0.6) is 0 Å². The van der Waals surface area contributed by atoms with Gasteiger partial charge in [0.2, 0.25) is 0 Å². The van der Waals surface area contributed by atoms with Crippen molar-refractivity contribution >= 4 is 41.3 Å². The first-order valence-electron chi connectivity index (χ1n) is 17.6. The van der Waals surface area contributed by atoms with Gasteiger partial charge in [0.1, 0.15) is 11.4 Å². The number of ether oxygens (including phenoxy) is 2. The van der Waals surface area contributed by atoms with E-state index in [-0.39, 0.29) is 154 Å². The first-order chi connectivity index (χ1) is 25.3. The molecule has 0 atom stereocenters. The van der Waals surface area contributed by atoms with Crippen molar-refractivity contribution in [3.05, 3.63) is 70.2 Å². The second-order valence-corrected chi connectivity index (χ2v) is 13.7. The third-order valence-corrected chi connectivity index (χ3v) is 8.52. The standard InChI is InChI=1S/C20H27N3O4.C16H22FN3O2.CH2O3.CH4.2K.H/c1-20(2,3)27-19(26)22-14-4-6-15(7-5-14)23-17-10-13(12-24)11-21-16(17)8-9-18(23)25;1-2-22-16(21)8-7-14-15(9-11(17)10-19-14)20-13-5-3-12(18)4-6-13;2-1-4-3;;;;/h8-11,14-15,24H,4-7,12H2,1-3H3,(H,22,26);7-10,12-13,20H,2-6,18H2,1H3;1,3H;1H4;;;/q;;;;2*+1;-1/p-1/b;8-7+;;;;;. The third kappa shape index (κ3) is 18.9. The number of rotatable bonds is 9. The van der Waals surface area contributed by atoms with Gasteiger partial charge in [-0.25, -0.2) is 14.0 Å². The molecular formula is C38H55FK2N6O9. The van der Waals surface area contributed by atoms with Crippen LogP contribution in [-0.4, -0.2) is 68.5 Å². The summed E-state index contributed by atoms with van der Waals surface area (Å²) in [6.45, 7) is 7.27. The number of aliphatic hydroxyl groups excluding tert-OH is 1. The zero-order valence-electron chi connectivity index (χ0n) is 33.6. The molecule has 5 rings (SSSR count). The van der Waals surface area contributed by atoms with Crippen LogP contribution in [0, 0.1) is 5.82 Å². The molecule has 2 aliphatic rings. The number of nitrogens with two attached hydrogens (primary N) is 1. The normalized spacial score (nSPS) is 18.8. The summed E-state index contributed by atoms with van der Waals surface area (Å²) in [6.07, 6.45) is 12.1. The topological polar surface area (TPSA) is 220 Å². The molecule has 5 N–H and O–H groups in total. The second-order valence-electron chi connectivity index (χ2n) is 13.7. The monoisotopic (exact) mass is 836 g/mol. The second kappa shape index (κ2) is 27.9. The van der Waals surface area contributed by atoms with Crippen molar-refractivity contribution in [1.82, 2.24) is 19.9 Å². The Morgan fingerprint density at radius 3 is 2.25 bits per heavy atom. The maximum atomic E-state index is 13.4. The molecule has 0 aliphatic heterocycles. The van der Waals surface area contributed by atoms with E-state index < -0.39 is 23.5 Å². The van der Waals surface area contributed by atoms with Crippen molar-refractivity contribution < 1.29 is 148 Å². The fourth-order valence-corrected chi connectivity index (χ4v) is 6.11. The minimum absolute atomic E-state index is 0. The van der Waals surface area contributed by atoms with Crippen LogP contribution in [0.25, 0.3) is 17.1 Å². The molecule has 2 saturated carbocycles. The molecule has 300 valence electrons. The maximum Gasteiger partial charge on any atom is 1.00 e. The molecule has 2 fully saturated rings. The molecule has 0 unspecified atom stereocenters. The molecule has 18 heteroatoms. The zero-order valence-corrected chi connectivity index (χ0v) is 38.8. The van der Waals surface area contributed by atoms with Gasteiger partial charge in [0.15, 0.2) is 0 Å². The number of hydrogen-bond donors (Lipinski definition) is 4. The van der Waals surface area contributed by atoms with Crippen LogP contribution < -0.4 is 130 Å². The Bertz CT molecular complexity index is 1750. The molecule has 3 aromatic rings. The number of nitrogens with one attached hydrogen (secondary N) is 2. The van der Waals surface area contributed by atoms with Crippen LogP contribution in [0.15, 0.2) is 47.5 Å². The molecule has 56 heavy (non-hydrogen) atoms. The molecule has 1 amide bonds. The van der Waals surface area contributed by atoms with Crippen molar-refractivity contribution in [2.24, 2.45) is 5.73 Å². The quantitative estimate of drug-likeness (QED) is 0.0486. The smallest absolute Gasteiger partial charge is 1.00 e. The summed E-state index contributed by atoms with van der Waals surface area (Å²) in [5, 5.41) is 24.0. The van der Waals surface area contributed by atoms with Gasteiger partial charge < -0.3 is 47.1 Å². The summed E-state index contributed by atoms with van der Waals surface area (Å²) in [5.74, 6) is -0.855. The van der Waals surface area contributed by atoms with Gasteiger partial charge in [0.25, 0.3) is 12.0 Å². The van der Waals surface area contributed by atoms with Crippen molar-refractivity contribution in [2.45, 2.75) is 123 Å². The van der Waals surface area contributed by atoms with Gasteiger partial charge >= 0.3 is 115 Å². The van der Waals surface area contributed by atoms with Gasteiger partial charge in [-0.3, -0.25) is 19.6 Å². The summed E-state index contributed by atoms with van der Waals surface area (Å²) >= 11 is 0. The molecule has 0 radical (unpaired) electrons. The zero-order chi connectivity index (χ0) is 39.0. The number of carbonyl (C=O) groups excluding carboxylic acids is 3. The number of anilines is 1. The van der Waals surface area contributed by atoms with E-state index in [0.29, 0.717) is 23.6 Å². The van der Waals surface area contributed by atoms with E-state index >= 15 is 0 Å². The van der Waals surface area contributed by atoms with Gasteiger partial charge in [-0.05, 0) is 103 Å². The SMILES string of the molecule is C.CC(C)(C)OC(=O)NC1CCC(n2c(=O)ccc3ncc(CO)cc32)CC1.CCOC(=O)/C=C/c1ncc(F)cc1NC1CCC(N)CC1.O=CO[O-].[H-].[K+].[K+]. The summed E-state index contributed by atoms with van der Waals surface area (Å²) in [5.41, 5.74) is 8.57. The minimum Gasteiger partial charge on any atom is -1.00 e. The number of amides is 1. The van der Waals surface area contributed by atoms with Gasteiger partial charge in [-0.1, -0.05) is 7.43 Å². The Balaban J connectivity index is 0. The van der Waals surface area contributed by atoms with Gasteiger partial charge in [0, 0.05) is 48.6 Å². The van der Waals surface area contributed by atoms with Crippen molar-refractivity contribution in [3.63, 3.8) is 0 Å². The first kappa shape index (κ1) is 54.3. The fourth-order valence-electron chi connectivity index (χ4n) is 6.11.